The number of hydrogen-bond acceptors (Lipinski definition) is 3. The van der Waals surface area contributed by atoms with E-state index in [4.69, 9.17) is 5.73 Å². The standard InChI is InChI=1S/C15H23N3O/c1-17(15(19)10-16)14-8-5-9-18(12-14)11-13-6-3-2-4-7-13/h2-4,6-7,14H,5,8-12,16H2,1H3. The van der Waals surface area contributed by atoms with Crippen LogP contribution in [0, 0.1) is 0 Å². The fourth-order valence-corrected chi connectivity index (χ4v) is 2.68. The van der Waals surface area contributed by atoms with E-state index in [-0.39, 0.29) is 12.5 Å². The number of carbonyl (C=O) groups is 1. The number of nitrogens with zero attached hydrogens (tertiary/aromatic N) is 2. The van der Waals surface area contributed by atoms with Crippen LogP contribution < -0.4 is 5.73 Å². The van der Waals surface area contributed by atoms with Gasteiger partial charge in [0.15, 0.2) is 0 Å². The molecule has 1 heterocycles. The summed E-state index contributed by atoms with van der Waals surface area (Å²) in [4.78, 5) is 15.9. The van der Waals surface area contributed by atoms with Crippen LogP contribution in [-0.4, -0.2) is 48.4 Å². The number of piperidine rings is 1. The first-order valence-electron chi connectivity index (χ1n) is 6.92. The van der Waals surface area contributed by atoms with Gasteiger partial charge in [0.2, 0.25) is 5.91 Å². The molecule has 1 aromatic carbocycles. The summed E-state index contributed by atoms with van der Waals surface area (Å²) < 4.78 is 0. The first-order valence-corrected chi connectivity index (χ1v) is 6.92. The van der Waals surface area contributed by atoms with E-state index in [0.29, 0.717) is 6.04 Å². The van der Waals surface area contributed by atoms with Crippen LogP contribution in [0.15, 0.2) is 30.3 Å². The van der Waals surface area contributed by atoms with Gasteiger partial charge in [-0.2, -0.15) is 0 Å². The summed E-state index contributed by atoms with van der Waals surface area (Å²) in [5.74, 6) is 0.0339. The van der Waals surface area contributed by atoms with Crippen LogP contribution in [-0.2, 0) is 11.3 Å². The fourth-order valence-electron chi connectivity index (χ4n) is 2.68. The Bertz CT molecular complexity index is 407. The van der Waals surface area contributed by atoms with Gasteiger partial charge in [0.25, 0.3) is 0 Å². The number of nitrogens with two attached hydrogens (primary N) is 1. The van der Waals surface area contributed by atoms with Gasteiger partial charge >= 0.3 is 0 Å². The molecule has 104 valence electrons. The zero-order chi connectivity index (χ0) is 13.7. The molecule has 2 rings (SSSR count). The van der Waals surface area contributed by atoms with Gasteiger partial charge < -0.3 is 10.6 Å². The summed E-state index contributed by atoms with van der Waals surface area (Å²) in [5.41, 5.74) is 6.76. The number of likely N-dealkylation sites (N-methyl/N-ethyl adjacent to an activating group) is 1. The molecule has 1 aromatic rings. The van der Waals surface area contributed by atoms with E-state index >= 15 is 0 Å². The average molecular weight is 261 g/mol. The summed E-state index contributed by atoms with van der Waals surface area (Å²) in [5, 5.41) is 0. The molecule has 0 aromatic heterocycles. The van der Waals surface area contributed by atoms with E-state index in [2.05, 4.69) is 29.2 Å². The third-order valence-electron chi connectivity index (χ3n) is 3.85. The monoisotopic (exact) mass is 261 g/mol. The molecule has 1 aliphatic rings. The summed E-state index contributed by atoms with van der Waals surface area (Å²) >= 11 is 0. The number of rotatable bonds is 4. The minimum atomic E-state index is 0.0339. The Balaban J connectivity index is 1.92. The molecule has 1 amide bonds. The van der Waals surface area contributed by atoms with Gasteiger partial charge in [0.1, 0.15) is 0 Å². The lowest BCUT2D eigenvalue weighted by Gasteiger charge is -2.37. The Hall–Kier alpha value is -1.39. The molecule has 2 N–H and O–H groups in total. The molecular weight excluding hydrogens is 238 g/mol. The average Bonchev–Trinajstić information content (AvgIpc) is 2.47. The highest BCUT2D eigenvalue weighted by molar-refractivity contribution is 5.78. The zero-order valence-electron chi connectivity index (χ0n) is 11.6. The summed E-state index contributed by atoms with van der Waals surface area (Å²) in [6.45, 7) is 3.11. The molecule has 4 heteroatoms. The van der Waals surface area contributed by atoms with Crippen molar-refractivity contribution < 1.29 is 4.79 Å². The van der Waals surface area contributed by atoms with E-state index in [1.54, 1.807) is 0 Å². The molecule has 4 nitrogen and oxygen atoms in total. The quantitative estimate of drug-likeness (QED) is 0.882. The first-order chi connectivity index (χ1) is 9.20. The maximum absolute atomic E-state index is 11.7. The second-order valence-electron chi connectivity index (χ2n) is 5.23. The Morgan fingerprint density at radius 3 is 2.84 bits per heavy atom. The van der Waals surface area contributed by atoms with Gasteiger partial charge in [-0.05, 0) is 24.9 Å². The lowest BCUT2D eigenvalue weighted by molar-refractivity contribution is -0.131. The van der Waals surface area contributed by atoms with Gasteiger partial charge in [0.05, 0.1) is 6.54 Å². The molecule has 0 spiro atoms. The summed E-state index contributed by atoms with van der Waals surface area (Å²) in [6, 6.07) is 10.8. The molecule has 0 saturated carbocycles. The number of amides is 1. The van der Waals surface area contributed by atoms with E-state index in [9.17, 15) is 4.79 Å². The van der Waals surface area contributed by atoms with Gasteiger partial charge in [0, 0.05) is 26.2 Å². The SMILES string of the molecule is CN(C(=O)CN)C1CCCN(Cc2ccccc2)C1. The van der Waals surface area contributed by atoms with Crippen LogP contribution >= 0.6 is 0 Å². The van der Waals surface area contributed by atoms with Crippen molar-refractivity contribution >= 4 is 5.91 Å². The molecule has 1 aliphatic heterocycles. The van der Waals surface area contributed by atoms with Crippen molar-refractivity contribution in [2.24, 2.45) is 5.73 Å². The molecule has 0 bridgehead atoms. The Morgan fingerprint density at radius 2 is 2.16 bits per heavy atom. The highest BCUT2D eigenvalue weighted by Crippen LogP contribution is 2.17. The molecule has 1 saturated heterocycles. The molecule has 1 fully saturated rings. The van der Waals surface area contributed by atoms with Crippen molar-refractivity contribution in [3.05, 3.63) is 35.9 Å². The molecule has 0 radical (unpaired) electrons. The molecule has 0 aliphatic carbocycles. The van der Waals surface area contributed by atoms with Crippen LogP contribution in [0.5, 0.6) is 0 Å². The maximum Gasteiger partial charge on any atom is 0.236 e. The van der Waals surface area contributed by atoms with Gasteiger partial charge in [-0.3, -0.25) is 9.69 Å². The summed E-state index contributed by atoms with van der Waals surface area (Å²) in [7, 11) is 1.87. The predicted octanol–water partition coefficient (Wildman–Crippen LogP) is 1.07. The smallest absolute Gasteiger partial charge is 0.236 e. The topological polar surface area (TPSA) is 49.6 Å². The van der Waals surface area contributed by atoms with Gasteiger partial charge in [-0.25, -0.2) is 0 Å². The first kappa shape index (κ1) is 14.0. The van der Waals surface area contributed by atoms with Crippen LogP contribution in [0.3, 0.4) is 0 Å². The summed E-state index contributed by atoms with van der Waals surface area (Å²) in [6.07, 6.45) is 2.22. The van der Waals surface area contributed by atoms with Gasteiger partial charge in [-0.15, -0.1) is 0 Å². The molecule has 1 unspecified atom stereocenters. The second-order valence-corrected chi connectivity index (χ2v) is 5.23. The van der Waals surface area contributed by atoms with Crippen molar-refractivity contribution in [3.8, 4) is 0 Å². The normalized spacial score (nSPS) is 20.2. The van der Waals surface area contributed by atoms with Gasteiger partial charge in [-0.1, -0.05) is 30.3 Å². The minimum Gasteiger partial charge on any atom is -0.340 e. The Morgan fingerprint density at radius 1 is 1.42 bits per heavy atom. The van der Waals surface area contributed by atoms with Crippen LogP contribution in [0.2, 0.25) is 0 Å². The fraction of sp³-hybridized carbons (Fsp3) is 0.533. The van der Waals surface area contributed by atoms with Crippen molar-refractivity contribution in [1.29, 1.82) is 0 Å². The lowest BCUT2D eigenvalue weighted by atomic mass is 10.0. The molecule has 19 heavy (non-hydrogen) atoms. The lowest BCUT2D eigenvalue weighted by Crippen LogP contribution is -2.49. The van der Waals surface area contributed by atoms with E-state index < -0.39 is 0 Å². The number of hydrogen-bond donors (Lipinski definition) is 1. The minimum absolute atomic E-state index is 0.0339. The highest BCUT2D eigenvalue weighted by atomic mass is 16.2. The van der Waals surface area contributed by atoms with Crippen molar-refractivity contribution in [2.75, 3.05) is 26.7 Å². The second kappa shape index (κ2) is 6.68. The van der Waals surface area contributed by atoms with E-state index in [1.807, 2.05) is 18.0 Å². The van der Waals surface area contributed by atoms with Crippen LogP contribution in [0.1, 0.15) is 18.4 Å². The predicted molar refractivity (Wildman–Crippen MR) is 76.6 cm³/mol. The van der Waals surface area contributed by atoms with E-state index in [1.165, 1.54) is 5.56 Å². The number of carbonyl (C=O) groups excluding carboxylic acids is 1. The number of likely N-dealkylation sites (tertiary alicyclic amines) is 1. The molecular formula is C15H23N3O. The number of benzene rings is 1. The van der Waals surface area contributed by atoms with E-state index in [0.717, 1.165) is 32.5 Å². The molecule has 1 atom stereocenters. The zero-order valence-corrected chi connectivity index (χ0v) is 11.6. The third-order valence-corrected chi connectivity index (χ3v) is 3.85. The third kappa shape index (κ3) is 3.78. The Kier molecular flexibility index (Phi) is 4.93. The highest BCUT2D eigenvalue weighted by Gasteiger charge is 2.25. The van der Waals surface area contributed by atoms with Crippen LogP contribution in [0.25, 0.3) is 0 Å². The van der Waals surface area contributed by atoms with Crippen LogP contribution in [0.4, 0.5) is 0 Å². The van der Waals surface area contributed by atoms with Crippen molar-refractivity contribution in [1.82, 2.24) is 9.80 Å². The van der Waals surface area contributed by atoms with Crippen molar-refractivity contribution in [2.45, 2.75) is 25.4 Å². The maximum atomic E-state index is 11.7. The largest absolute Gasteiger partial charge is 0.340 e. The Labute approximate surface area is 115 Å². The van der Waals surface area contributed by atoms with Crippen molar-refractivity contribution in [3.63, 3.8) is 0 Å².